The van der Waals surface area contributed by atoms with Crippen LogP contribution in [0.25, 0.3) is 0 Å². The Bertz CT molecular complexity index is 336. The van der Waals surface area contributed by atoms with Crippen LogP contribution in [-0.2, 0) is 28.6 Å². The molecule has 1 N–H and O–H groups in total. The number of ketones is 2. The van der Waals surface area contributed by atoms with E-state index in [0.717, 1.165) is 6.42 Å². The van der Waals surface area contributed by atoms with Gasteiger partial charge in [-0.1, -0.05) is 6.92 Å². The van der Waals surface area contributed by atoms with Crippen LogP contribution >= 0.6 is 0 Å². The molecule has 0 saturated carbocycles. The van der Waals surface area contributed by atoms with Gasteiger partial charge in [-0.15, -0.1) is 0 Å². The number of hydrogen-bond acceptors (Lipinski definition) is 6. The molecule has 0 aromatic rings. The van der Waals surface area contributed by atoms with E-state index in [1.54, 1.807) is 0 Å². The largest absolute Gasteiger partial charge is 0.379 e. The van der Waals surface area contributed by atoms with Gasteiger partial charge < -0.3 is 19.5 Å². The van der Waals surface area contributed by atoms with Crippen molar-refractivity contribution in [3.8, 4) is 0 Å². The molecule has 1 amide bonds. The zero-order valence-corrected chi connectivity index (χ0v) is 14.4. The topological polar surface area (TPSA) is 90.9 Å². The Morgan fingerprint density at radius 1 is 0.870 bits per heavy atom. The van der Waals surface area contributed by atoms with Crippen LogP contribution in [0.15, 0.2) is 0 Å². The van der Waals surface area contributed by atoms with Gasteiger partial charge in [-0.2, -0.15) is 0 Å². The SMILES string of the molecule is CCCOCC(=O)NC(COCCC(C)=O)COCCC(C)=O. The van der Waals surface area contributed by atoms with Crippen molar-refractivity contribution in [2.75, 3.05) is 39.6 Å². The molecular formula is C16H29NO6. The van der Waals surface area contributed by atoms with E-state index < -0.39 is 0 Å². The summed E-state index contributed by atoms with van der Waals surface area (Å²) >= 11 is 0. The summed E-state index contributed by atoms with van der Waals surface area (Å²) in [6.45, 7) is 6.58. The summed E-state index contributed by atoms with van der Waals surface area (Å²) < 4.78 is 16.0. The van der Waals surface area contributed by atoms with Gasteiger partial charge in [0, 0.05) is 19.4 Å². The van der Waals surface area contributed by atoms with E-state index in [1.165, 1.54) is 13.8 Å². The van der Waals surface area contributed by atoms with E-state index in [4.69, 9.17) is 14.2 Å². The van der Waals surface area contributed by atoms with Crippen LogP contribution in [0.1, 0.15) is 40.0 Å². The molecular weight excluding hydrogens is 302 g/mol. The van der Waals surface area contributed by atoms with Crippen molar-refractivity contribution in [3.05, 3.63) is 0 Å². The lowest BCUT2D eigenvalue weighted by atomic mass is 10.3. The van der Waals surface area contributed by atoms with E-state index in [9.17, 15) is 14.4 Å². The fraction of sp³-hybridized carbons (Fsp3) is 0.812. The van der Waals surface area contributed by atoms with E-state index in [1.807, 2.05) is 6.92 Å². The highest BCUT2D eigenvalue weighted by Gasteiger charge is 2.13. The van der Waals surface area contributed by atoms with Gasteiger partial charge in [0.15, 0.2) is 0 Å². The van der Waals surface area contributed by atoms with Crippen molar-refractivity contribution < 1.29 is 28.6 Å². The third-order valence-electron chi connectivity index (χ3n) is 2.78. The second-order valence-corrected chi connectivity index (χ2v) is 5.37. The molecule has 0 aromatic heterocycles. The number of ether oxygens (including phenoxy) is 3. The maximum atomic E-state index is 11.8. The fourth-order valence-electron chi connectivity index (χ4n) is 1.59. The van der Waals surface area contributed by atoms with Crippen molar-refractivity contribution in [3.63, 3.8) is 0 Å². The Morgan fingerprint density at radius 2 is 1.39 bits per heavy atom. The molecule has 0 aliphatic heterocycles. The van der Waals surface area contributed by atoms with Gasteiger partial charge in [-0.05, 0) is 20.3 Å². The summed E-state index contributed by atoms with van der Waals surface area (Å²) in [7, 11) is 0. The number of amides is 1. The van der Waals surface area contributed by atoms with E-state index in [-0.39, 0.29) is 43.3 Å². The molecule has 0 radical (unpaired) electrons. The molecule has 0 spiro atoms. The monoisotopic (exact) mass is 331 g/mol. The molecule has 0 atom stereocenters. The molecule has 0 unspecified atom stereocenters. The molecule has 0 saturated heterocycles. The van der Waals surface area contributed by atoms with E-state index >= 15 is 0 Å². The molecule has 0 bridgehead atoms. The summed E-state index contributed by atoms with van der Waals surface area (Å²) in [5, 5.41) is 2.77. The molecule has 0 rings (SSSR count). The second kappa shape index (κ2) is 14.3. The third-order valence-corrected chi connectivity index (χ3v) is 2.78. The van der Waals surface area contributed by atoms with Crippen LogP contribution in [0.3, 0.4) is 0 Å². The number of nitrogens with one attached hydrogen (secondary N) is 1. The summed E-state index contributed by atoms with van der Waals surface area (Å²) in [5.74, 6) is -0.138. The quantitative estimate of drug-likeness (QED) is 0.448. The Balaban J connectivity index is 4.10. The van der Waals surface area contributed by atoms with Gasteiger partial charge in [0.1, 0.15) is 18.2 Å². The third kappa shape index (κ3) is 15.4. The number of rotatable bonds is 15. The zero-order valence-electron chi connectivity index (χ0n) is 14.4. The van der Waals surface area contributed by atoms with Crippen molar-refractivity contribution >= 4 is 17.5 Å². The second-order valence-electron chi connectivity index (χ2n) is 5.37. The maximum absolute atomic E-state index is 11.8. The summed E-state index contributed by atoms with van der Waals surface area (Å²) in [6, 6.07) is -0.341. The van der Waals surface area contributed by atoms with E-state index in [2.05, 4.69) is 5.32 Å². The molecule has 134 valence electrons. The average Bonchev–Trinajstić information content (AvgIpc) is 2.47. The van der Waals surface area contributed by atoms with E-state index in [0.29, 0.717) is 32.7 Å². The van der Waals surface area contributed by atoms with Crippen LogP contribution < -0.4 is 5.32 Å². The molecule has 0 aromatic carbocycles. The Morgan fingerprint density at radius 3 is 1.83 bits per heavy atom. The predicted molar refractivity (Wildman–Crippen MR) is 85.3 cm³/mol. The van der Waals surface area contributed by atoms with Crippen LogP contribution in [0.4, 0.5) is 0 Å². The standard InChI is InChI=1S/C16H29NO6/c1-4-7-21-12-16(20)17-15(10-22-8-5-13(2)18)11-23-9-6-14(3)19/h15H,4-12H2,1-3H3,(H,17,20). The van der Waals surface area contributed by atoms with Gasteiger partial charge in [-0.25, -0.2) is 0 Å². The van der Waals surface area contributed by atoms with Crippen LogP contribution in [-0.4, -0.2) is 63.2 Å². The first-order valence-corrected chi connectivity index (χ1v) is 7.97. The summed E-state index contributed by atoms with van der Waals surface area (Å²) in [6.07, 6.45) is 1.52. The highest BCUT2D eigenvalue weighted by molar-refractivity contribution is 5.77. The number of hydrogen-bond donors (Lipinski definition) is 1. The first kappa shape index (κ1) is 21.7. The van der Waals surface area contributed by atoms with Crippen molar-refractivity contribution in [1.29, 1.82) is 0 Å². The lowest BCUT2D eigenvalue weighted by Gasteiger charge is -2.19. The number of carbonyl (C=O) groups excluding carboxylic acids is 3. The molecule has 0 fully saturated rings. The first-order valence-electron chi connectivity index (χ1n) is 7.97. The maximum Gasteiger partial charge on any atom is 0.246 e. The Kier molecular flexibility index (Phi) is 13.5. The first-order chi connectivity index (χ1) is 11.0. The Hall–Kier alpha value is -1.31. The minimum atomic E-state index is -0.341. The average molecular weight is 331 g/mol. The molecule has 0 aliphatic rings. The van der Waals surface area contributed by atoms with Gasteiger partial charge in [0.2, 0.25) is 5.91 Å². The Labute approximate surface area is 138 Å². The molecule has 23 heavy (non-hydrogen) atoms. The molecule has 0 aliphatic carbocycles. The molecule has 7 nitrogen and oxygen atoms in total. The molecule has 7 heteroatoms. The predicted octanol–water partition coefficient (Wildman–Crippen LogP) is 0.889. The van der Waals surface area contributed by atoms with Gasteiger partial charge in [0.05, 0.1) is 32.5 Å². The van der Waals surface area contributed by atoms with Gasteiger partial charge >= 0.3 is 0 Å². The number of carbonyl (C=O) groups is 3. The van der Waals surface area contributed by atoms with Crippen LogP contribution in [0.5, 0.6) is 0 Å². The van der Waals surface area contributed by atoms with Crippen LogP contribution in [0, 0.1) is 0 Å². The van der Waals surface area contributed by atoms with Gasteiger partial charge in [-0.3, -0.25) is 14.4 Å². The van der Waals surface area contributed by atoms with Crippen LogP contribution in [0.2, 0.25) is 0 Å². The lowest BCUT2D eigenvalue weighted by Crippen LogP contribution is -2.43. The fourth-order valence-corrected chi connectivity index (χ4v) is 1.59. The van der Waals surface area contributed by atoms with Crippen molar-refractivity contribution in [2.24, 2.45) is 0 Å². The van der Waals surface area contributed by atoms with Gasteiger partial charge in [0.25, 0.3) is 0 Å². The van der Waals surface area contributed by atoms with Crippen molar-refractivity contribution in [2.45, 2.75) is 46.1 Å². The minimum Gasteiger partial charge on any atom is -0.379 e. The smallest absolute Gasteiger partial charge is 0.246 e. The highest BCUT2D eigenvalue weighted by Crippen LogP contribution is 1.94. The normalized spacial score (nSPS) is 10.8. The zero-order chi connectivity index (χ0) is 17.5. The minimum absolute atomic E-state index is 0.00870. The summed E-state index contributed by atoms with van der Waals surface area (Å²) in [4.78, 5) is 33.5. The summed E-state index contributed by atoms with van der Waals surface area (Å²) in [5.41, 5.74) is 0. The highest BCUT2D eigenvalue weighted by atomic mass is 16.5. The lowest BCUT2D eigenvalue weighted by molar-refractivity contribution is -0.128. The van der Waals surface area contributed by atoms with Crippen molar-refractivity contribution in [1.82, 2.24) is 5.32 Å². The molecule has 0 heterocycles. The number of Topliss-reactive ketones (excluding diaryl/α,β-unsaturated/α-hetero) is 2.